The highest BCUT2D eigenvalue weighted by Gasteiger charge is 2.14. The number of benzene rings is 1. The lowest BCUT2D eigenvalue weighted by Gasteiger charge is -2.07. The Hall–Kier alpha value is -1.95. The highest BCUT2D eigenvalue weighted by molar-refractivity contribution is 6.33. The minimum atomic E-state index is -1.10. The van der Waals surface area contributed by atoms with E-state index >= 15 is 0 Å². The number of imidazole rings is 1. The number of nitrogens with zero attached hydrogens (tertiary/aromatic N) is 1. The summed E-state index contributed by atoms with van der Waals surface area (Å²) in [6.45, 7) is 0.384. The van der Waals surface area contributed by atoms with Crippen LogP contribution in [0.2, 0.25) is 5.02 Å². The van der Waals surface area contributed by atoms with Gasteiger partial charge in [-0.2, -0.15) is 0 Å². The van der Waals surface area contributed by atoms with Crippen molar-refractivity contribution in [1.29, 1.82) is 0 Å². The van der Waals surface area contributed by atoms with Crippen LogP contribution in [0.5, 0.6) is 0 Å². The van der Waals surface area contributed by atoms with Gasteiger partial charge in [0.1, 0.15) is 5.82 Å². The molecule has 1 aromatic carbocycles. The van der Waals surface area contributed by atoms with Gasteiger partial charge in [0.25, 0.3) is 5.91 Å². The summed E-state index contributed by atoms with van der Waals surface area (Å²) in [6, 6.07) is 1.58. The number of aromatic amines is 1. The molecule has 1 amide bonds. The molecule has 0 aliphatic rings. The summed E-state index contributed by atoms with van der Waals surface area (Å²) < 4.78 is 26.0. The first-order valence-electron chi connectivity index (χ1n) is 5.99. The summed E-state index contributed by atoms with van der Waals surface area (Å²) in [7, 11) is 0. The molecule has 2 aromatic rings. The van der Waals surface area contributed by atoms with Crippen LogP contribution in [-0.4, -0.2) is 22.4 Å². The zero-order valence-electron chi connectivity index (χ0n) is 10.4. The lowest BCUT2D eigenvalue weighted by atomic mass is 10.2. The Labute approximate surface area is 119 Å². The lowest BCUT2D eigenvalue weighted by molar-refractivity contribution is 0.0952. The average Bonchev–Trinajstić information content (AvgIpc) is 2.92. The molecular weight excluding hydrogens is 288 g/mol. The minimum absolute atomic E-state index is 0.0800. The van der Waals surface area contributed by atoms with Crippen LogP contribution < -0.4 is 5.32 Å². The first kappa shape index (κ1) is 14.5. The van der Waals surface area contributed by atoms with E-state index in [2.05, 4.69) is 15.3 Å². The smallest absolute Gasteiger partial charge is 0.252 e. The predicted octanol–water partition coefficient (Wildman–Crippen LogP) is 2.70. The Morgan fingerprint density at radius 2 is 2.10 bits per heavy atom. The van der Waals surface area contributed by atoms with Gasteiger partial charge in [-0.1, -0.05) is 11.6 Å². The number of aromatic nitrogens is 2. The zero-order valence-corrected chi connectivity index (χ0v) is 11.2. The highest BCUT2D eigenvalue weighted by atomic mass is 35.5. The van der Waals surface area contributed by atoms with Gasteiger partial charge in [-0.25, -0.2) is 13.8 Å². The van der Waals surface area contributed by atoms with Crippen molar-refractivity contribution < 1.29 is 13.6 Å². The van der Waals surface area contributed by atoms with Crippen molar-refractivity contribution in [3.05, 3.63) is 52.6 Å². The fourth-order valence-corrected chi connectivity index (χ4v) is 1.92. The van der Waals surface area contributed by atoms with E-state index in [0.717, 1.165) is 18.0 Å². The molecule has 0 bridgehead atoms. The molecule has 0 aliphatic carbocycles. The summed E-state index contributed by atoms with van der Waals surface area (Å²) in [5.74, 6) is -1.89. The standard InChI is InChI=1S/C13H12ClF2N3O/c14-9-7-11(16)10(15)6-8(9)13(20)19-3-1-2-12-17-4-5-18-12/h4-7H,1-3H2,(H,17,18)(H,19,20). The van der Waals surface area contributed by atoms with Crippen molar-refractivity contribution in [2.75, 3.05) is 6.54 Å². The van der Waals surface area contributed by atoms with Crippen LogP contribution in [0.25, 0.3) is 0 Å². The van der Waals surface area contributed by atoms with Crippen molar-refractivity contribution in [2.24, 2.45) is 0 Å². The van der Waals surface area contributed by atoms with Crippen LogP contribution in [0.15, 0.2) is 24.5 Å². The van der Waals surface area contributed by atoms with E-state index in [1.807, 2.05) is 0 Å². The maximum Gasteiger partial charge on any atom is 0.252 e. The molecule has 20 heavy (non-hydrogen) atoms. The van der Waals surface area contributed by atoms with Crippen molar-refractivity contribution in [3.8, 4) is 0 Å². The van der Waals surface area contributed by atoms with Gasteiger partial charge in [0, 0.05) is 25.4 Å². The van der Waals surface area contributed by atoms with Gasteiger partial charge in [-0.3, -0.25) is 4.79 Å². The molecule has 0 saturated carbocycles. The molecular formula is C13H12ClF2N3O. The Morgan fingerprint density at radius 1 is 1.35 bits per heavy atom. The largest absolute Gasteiger partial charge is 0.352 e. The molecule has 1 aromatic heterocycles. The second-order valence-electron chi connectivity index (χ2n) is 4.14. The van der Waals surface area contributed by atoms with Gasteiger partial charge >= 0.3 is 0 Å². The first-order chi connectivity index (χ1) is 9.58. The molecule has 7 heteroatoms. The van der Waals surface area contributed by atoms with Crippen LogP contribution in [0, 0.1) is 11.6 Å². The topological polar surface area (TPSA) is 57.8 Å². The molecule has 0 aliphatic heterocycles. The van der Waals surface area contributed by atoms with E-state index in [4.69, 9.17) is 11.6 Å². The molecule has 0 radical (unpaired) electrons. The summed E-state index contributed by atoms with van der Waals surface area (Å²) in [4.78, 5) is 18.8. The number of carbonyl (C=O) groups excluding carboxylic acids is 1. The fourth-order valence-electron chi connectivity index (χ4n) is 1.68. The number of halogens is 3. The number of aryl methyl sites for hydroxylation is 1. The van der Waals surface area contributed by atoms with Gasteiger partial charge in [0.2, 0.25) is 0 Å². The van der Waals surface area contributed by atoms with E-state index in [9.17, 15) is 13.6 Å². The van der Waals surface area contributed by atoms with Crippen LogP contribution in [-0.2, 0) is 6.42 Å². The first-order valence-corrected chi connectivity index (χ1v) is 6.36. The van der Waals surface area contributed by atoms with Crippen molar-refractivity contribution in [3.63, 3.8) is 0 Å². The molecule has 106 valence electrons. The normalized spacial score (nSPS) is 10.6. The lowest BCUT2D eigenvalue weighted by Crippen LogP contribution is -2.25. The second-order valence-corrected chi connectivity index (χ2v) is 4.55. The molecule has 0 unspecified atom stereocenters. The molecule has 1 heterocycles. The Bertz CT molecular complexity index is 602. The third-order valence-electron chi connectivity index (χ3n) is 2.69. The number of H-pyrrole nitrogens is 1. The van der Waals surface area contributed by atoms with E-state index in [-0.39, 0.29) is 10.6 Å². The van der Waals surface area contributed by atoms with Crippen LogP contribution in [0.4, 0.5) is 8.78 Å². The van der Waals surface area contributed by atoms with Crippen molar-refractivity contribution >= 4 is 17.5 Å². The number of carbonyl (C=O) groups is 1. The van der Waals surface area contributed by atoms with Crippen LogP contribution in [0.3, 0.4) is 0 Å². The minimum Gasteiger partial charge on any atom is -0.352 e. The predicted molar refractivity (Wildman–Crippen MR) is 70.6 cm³/mol. The summed E-state index contributed by atoms with van der Waals surface area (Å²) in [6.07, 6.45) is 4.71. The molecule has 0 atom stereocenters. The van der Waals surface area contributed by atoms with E-state index in [0.29, 0.717) is 19.4 Å². The molecule has 4 nitrogen and oxygen atoms in total. The van der Waals surface area contributed by atoms with Gasteiger partial charge in [0.15, 0.2) is 11.6 Å². The van der Waals surface area contributed by atoms with E-state index in [1.165, 1.54) is 0 Å². The number of hydrogen-bond acceptors (Lipinski definition) is 2. The monoisotopic (exact) mass is 299 g/mol. The Kier molecular flexibility index (Phi) is 4.68. The van der Waals surface area contributed by atoms with Crippen molar-refractivity contribution in [2.45, 2.75) is 12.8 Å². The van der Waals surface area contributed by atoms with Gasteiger partial charge in [-0.15, -0.1) is 0 Å². The van der Waals surface area contributed by atoms with Gasteiger partial charge in [0.05, 0.1) is 10.6 Å². The average molecular weight is 300 g/mol. The van der Waals surface area contributed by atoms with Crippen molar-refractivity contribution in [1.82, 2.24) is 15.3 Å². The third-order valence-corrected chi connectivity index (χ3v) is 3.00. The second kappa shape index (κ2) is 6.47. The maximum absolute atomic E-state index is 13.1. The van der Waals surface area contributed by atoms with E-state index in [1.54, 1.807) is 12.4 Å². The van der Waals surface area contributed by atoms with E-state index < -0.39 is 17.5 Å². The van der Waals surface area contributed by atoms with Crippen LogP contribution in [0.1, 0.15) is 22.6 Å². The Balaban J connectivity index is 1.87. The fraction of sp³-hybridized carbons (Fsp3) is 0.231. The molecule has 2 rings (SSSR count). The molecule has 0 fully saturated rings. The number of rotatable bonds is 5. The summed E-state index contributed by atoms with van der Waals surface area (Å²) >= 11 is 5.71. The number of hydrogen-bond donors (Lipinski definition) is 2. The number of amides is 1. The van der Waals surface area contributed by atoms with Gasteiger partial charge in [-0.05, 0) is 18.6 Å². The molecule has 0 saturated heterocycles. The zero-order chi connectivity index (χ0) is 14.5. The highest BCUT2D eigenvalue weighted by Crippen LogP contribution is 2.19. The molecule has 2 N–H and O–H groups in total. The quantitative estimate of drug-likeness (QED) is 0.659. The third kappa shape index (κ3) is 3.54. The van der Waals surface area contributed by atoms with Crippen LogP contribution >= 0.6 is 11.6 Å². The molecule has 0 spiro atoms. The summed E-state index contributed by atoms with van der Waals surface area (Å²) in [5.41, 5.74) is -0.0800. The summed E-state index contributed by atoms with van der Waals surface area (Å²) in [5, 5.41) is 2.48. The maximum atomic E-state index is 13.1. The van der Waals surface area contributed by atoms with Gasteiger partial charge < -0.3 is 10.3 Å². The SMILES string of the molecule is O=C(NCCCc1ncc[nH]1)c1cc(F)c(F)cc1Cl. The number of nitrogens with one attached hydrogen (secondary N) is 2. The Morgan fingerprint density at radius 3 is 2.80 bits per heavy atom.